The molecular weight excluding hydrogens is 462 g/mol. The van der Waals surface area contributed by atoms with Gasteiger partial charge in [0.1, 0.15) is 17.1 Å². The largest absolute Gasteiger partial charge is 0.496 e. The van der Waals surface area contributed by atoms with Gasteiger partial charge >= 0.3 is 0 Å². The van der Waals surface area contributed by atoms with Gasteiger partial charge in [0.2, 0.25) is 0 Å². The summed E-state index contributed by atoms with van der Waals surface area (Å²) in [5.41, 5.74) is 5.84. The van der Waals surface area contributed by atoms with Gasteiger partial charge in [0.05, 0.1) is 29.3 Å². The molecule has 37 heavy (non-hydrogen) atoms. The Bertz CT molecular complexity index is 1650. The van der Waals surface area contributed by atoms with Crippen molar-refractivity contribution >= 4 is 27.6 Å². The molecule has 0 amide bonds. The fraction of sp³-hybridized carbons (Fsp3) is 0.267. The zero-order valence-corrected chi connectivity index (χ0v) is 20.8. The summed E-state index contributed by atoms with van der Waals surface area (Å²) in [4.78, 5) is 27.5. The highest BCUT2D eigenvalue weighted by Gasteiger charge is 2.35. The van der Waals surface area contributed by atoms with Gasteiger partial charge in [-0.15, -0.1) is 0 Å². The zero-order valence-electron chi connectivity index (χ0n) is 20.8. The smallest absolute Gasteiger partial charge is 0.261 e. The summed E-state index contributed by atoms with van der Waals surface area (Å²) < 4.78 is 5.65. The highest BCUT2D eigenvalue weighted by molar-refractivity contribution is 6.01. The molecule has 7 heteroatoms. The van der Waals surface area contributed by atoms with Crippen molar-refractivity contribution in [3.63, 3.8) is 0 Å². The number of aromatic amines is 2. The minimum absolute atomic E-state index is 0.152. The molecule has 7 nitrogen and oxygen atoms in total. The number of nitrogens with one attached hydrogen (secondary N) is 3. The number of imidazole rings is 1. The Kier molecular flexibility index (Phi) is 5.25. The molecule has 5 heterocycles. The molecule has 0 radical (unpaired) electrons. The van der Waals surface area contributed by atoms with E-state index in [1.165, 1.54) is 12.8 Å². The second-order valence-electron chi connectivity index (χ2n) is 10.2. The minimum Gasteiger partial charge on any atom is -0.496 e. The van der Waals surface area contributed by atoms with E-state index < -0.39 is 0 Å². The zero-order chi connectivity index (χ0) is 24.9. The number of para-hydroxylation sites is 3. The average Bonchev–Trinajstić information content (AvgIpc) is 3.37. The van der Waals surface area contributed by atoms with Crippen molar-refractivity contribution in [2.75, 3.05) is 32.1 Å². The van der Waals surface area contributed by atoms with E-state index in [4.69, 9.17) is 9.72 Å². The average molecular weight is 492 g/mol. The number of fused-ring (bicyclic) bond motifs is 5. The lowest BCUT2D eigenvalue weighted by molar-refractivity contribution is 0.0976. The van der Waals surface area contributed by atoms with Crippen LogP contribution in [0.4, 0.5) is 5.69 Å². The van der Waals surface area contributed by atoms with Gasteiger partial charge in [-0.1, -0.05) is 36.4 Å². The second-order valence-corrected chi connectivity index (χ2v) is 10.2. The molecule has 3 aliphatic rings. The number of ether oxygens (including phenoxy) is 1. The van der Waals surface area contributed by atoms with Gasteiger partial charge < -0.3 is 24.9 Å². The molecule has 0 aliphatic carbocycles. The Morgan fingerprint density at radius 2 is 1.78 bits per heavy atom. The lowest BCUT2D eigenvalue weighted by Gasteiger charge is -2.45. The first-order valence-electron chi connectivity index (χ1n) is 13.0. The first-order valence-corrected chi connectivity index (χ1v) is 13.0. The van der Waals surface area contributed by atoms with Crippen LogP contribution in [0, 0.1) is 5.92 Å². The fourth-order valence-electron chi connectivity index (χ4n) is 6.10. The van der Waals surface area contributed by atoms with Gasteiger partial charge in [0, 0.05) is 23.5 Å². The van der Waals surface area contributed by atoms with Crippen molar-refractivity contribution in [1.29, 1.82) is 0 Å². The molecule has 2 aromatic heterocycles. The van der Waals surface area contributed by atoms with E-state index >= 15 is 0 Å². The molecule has 3 N–H and O–H groups in total. The highest BCUT2D eigenvalue weighted by Crippen LogP contribution is 2.38. The predicted molar refractivity (Wildman–Crippen MR) is 148 cm³/mol. The Morgan fingerprint density at radius 1 is 0.973 bits per heavy atom. The van der Waals surface area contributed by atoms with Crippen molar-refractivity contribution in [2.45, 2.75) is 18.9 Å². The van der Waals surface area contributed by atoms with E-state index in [0.717, 1.165) is 64.1 Å². The lowest BCUT2D eigenvalue weighted by Crippen LogP contribution is -2.53. The Morgan fingerprint density at radius 3 is 2.57 bits per heavy atom. The summed E-state index contributed by atoms with van der Waals surface area (Å²) in [5.74, 6) is 1.99. The first kappa shape index (κ1) is 22.1. The number of aromatic nitrogens is 3. The summed E-state index contributed by atoms with van der Waals surface area (Å²) in [6.07, 6.45) is 2.37. The van der Waals surface area contributed by atoms with Crippen LogP contribution in [0.15, 0.2) is 71.5 Å². The van der Waals surface area contributed by atoms with Crippen LogP contribution in [0.25, 0.3) is 44.5 Å². The highest BCUT2D eigenvalue weighted by atomic mass is 16.5. The third kappa shape index (κ3) is 3.78. The minimum atomic E-state index is -0.152. The number of anilines is 1. The van der Waals surface area contributed by atoms with Crippen LogP contribution in [0.5, 0.6) is 5.75 Å². The maximum Gasteiger partial charge on any atom is 0.261 e. The van der Waals surface area contributed by atoms with E-state index in [9.17, 15) is 4.79 Å². The lowest BCUT2D eigenvalue weighted by atomic mass is 9.83. The number of methoxy groups -OCH3 is 1. The summed E-state index contributed by atoms with van der Waals surface area (Å²) >= 11 is 0. The molecule has 8 rings (SSSR count). The van der Waals surface area contributed by atoms with E-state index in [2.05, 4.69) is 32.3 Å². The van der Waals surface area contributed by atoms with Gasteiger partial charge in [0.15, 0.2) is 0 Å². The molecule has 2 bridgehead atoms. The van der Waals surface area contributed by atoms with Gasteiger partial charge in [-0.2, -0.15) is 0 Å². The van der Waals surface area contributed by atoms with Crippen LogP contribution in [0.1, 0.15) is 12.8 Å². The van der Waals surface area contributed by atoms with Crippen molar-refractivity contribution in [2.24, 2.45) is 5.92 Å². The molecule has 3 fully saturated rings. The molecule has 3 aromatic carbocycles. The molecular formula is C30H29N5O2. The van der Waals surface area contributed by atoms with Crippen molar-refractivity contribution in [3.8, 4) is 28.3 Å². The van der Waals surface area contributed by atoms with Crippen molar-refractivity contribution in [1.82, 2.24) is 19.9 Å². The van der Waals surface area contributed by atoms with Crippen LogP contribution in [-0.2, 0) is 0 Å². The van der Waals surface area contributed by atoms with Crippen LogP contribution >= 0.6 is 0 Å². The summed E-state index contributed by atoms with van der Waals surface area (Å²) in [7, 11) is 1.69. The molecule has 0 unspecified atom stereocenters. The normalized spacial score (nSPS) is 20.9. The molecule has 3 aliphatic heterocycles. The monoisotopic (exact) mass is 491 g/mol. The topological polar surface area (TPSA) is 86.0 Å². The Balaban J connectivity index is 1.45. The van der Waals surface area contributed by atoms with Crippen LogP contribution in [0.3, 0.4) is 0 Å². The van der Waals surface area contributed by atoms with E-state index in [1.807, 2.05) is 54.6 Å². The summed E-state index contributed by atoms with van der Waals surface area (Å²) in [6.45, 7) is 3.31. The molecule has 5 aromatic rings. The number of nitrogens with zero attached hydrogens (tertiary/aromatic N) is 2. The Hall–Kier alpha value is -4.10. The number of benzene rings is 3. The van der Waals surface area contributed by atoms with E-state index in [-0.39, 0.29) is 11.6 Å². The summed E-state index contributed by atoms with van der Waals surface area (Å²) in [5, 5.41) is 4.83. The molecule has 0 spiro atoms. The predicted octanol–water partition coefficient (Wildman–Crippen LogP) is 5.25. The van der Waals surface area contributed by atoms with Gasteiger partial charge in [-0.3, -0.25) is 4.79 Å². The second kappa shape index (κ2) is 8.78. The van der Waals surface area contributed by atoms with Crippen LogP contribution in [-0.4, -0.2) is 52.6 Å². The number of hydrogen-bond donors (Lipinski definition) is 3. The number of H-pyrrole nitrogens is 2. The maximum atomic E-state index is 13.6. The van der Waals surface area contributed by atoms with Crippen molar-refractivity contribution in [3.05, 3.63) is 77.1 Å². The van der Waals surface area contributed by atoms with E-state index in [0.29, 0.717) is 17.3 Å². The third-order valence-corrected chi connectivity index (χ3v) is 8.04. The fourth-order valence-corrected chi connectivity index (χ4v) is 6.10. The number of hydrogen-bond acceptors (Lipinski definition) is 5. The molecule has 1 atom stereocenters. The van der Waals surface area contributed by atoms with Gasteiger partial charge in [-0.05, 0) is 67.7 Å². The van der Waals surface area contributed by atoms with Crippen LogP contribution < -0.4 is 15.6 Å². The summed E-state index contributed by atoms with van der Waals surface area (Å²) in [6, 6.07) is 22.4. The number of rotatable bonds is 5. The number of piperidine rings is 3. The quantitative estimate of drug-likeness (QED) is 0.313. The molecule has 186 valence electrons. The Labute approximate surface area is 214 Å². The molecule has 0 saturated carbocycles. The van der Waals surface area contributed by atoms with Crippen LogP contribution in [0.2, 0.25) is 0 Å². The van der Waals surface area contributed by atoms with Gasteiger partial charge in [0.25, 0.3) is 5.56 Å². The van der Waals surface area contributed by atoms with E-state index in [1.54, 1.807) is 7.11 Å². The molecule has 3 saturated heterocycles. The van der Waals surface area contributed by atoms with Gasteiger partial charge in [-0.25, -0.2) is 4.98 Å². The standard InChI is InChI=1S/C30H29N5O2/c1-37-26-9-5-2-6-20(26)19-10-11-22-21(16-19)28(31-25-17-35-14-12-18(25)13-15-35)27(30(36)34-22)29-32-23-7-3-4-8-24(23)33-29/h2-11,16,18,25H,12-15,17H2,1H3,(H,32,33)(H2,31,34,36)/t25-/m0/s1. The SMILES string of the molecule is COc1ccccc1-c1ccc2[nH]c(=O)c(-c3nc4ccccc4[nH]3)c(N[C@H]3CN4CCC3CC4)c2c1. The number of pyridine rings is 1. The van der Waals surface area contributed by atoms with Crippen molar-refractivity contribution < 1.29 is 4.74 Å². The first-order chi connectivity index (χ1) is 18.2. The third-order valence-electron chi connectivity index (χ3n) is 8.04. The maximum absolute atomic E-state index is 13.6.